The van der Waals surface area contributed by atoms with Crippen molar-refractivity contribution < 1.29 is 27.8 Å². The number of nitrogens with two attached hydrogens (primary N) is 1. The molecule has 3 rings (SSSR count). The molecule has 1 fully saturated rings. The summed E-state index contributed by atoms with van der Waals surface area (Å²) < 4.78 is 44.9. The zero-order valence-corrected chi connectivity index (χ0v) is 15.9. The maximum atomic E-state index is 13.6. The number of carbonyl (C=O) groups is 1. The molecule has 142 valence electrons. The molecule has 2 aromatic rings. The molecule has 1 aliphatic rings. The fourth-order valence-electron chi connectivity index (χ4n) is 2.72. The fourth-order valence-corrected chi connectivity index (χ4v) is 3.38. The summed E-state index contributed by atoms with van der Waals surface area (Å²) in [4.78, 5) is 10.4. The predicted octanol–water partition coefficient (Wildman–Crippen LogP) is 3.45. The summed E-state index contributed by atoms with van der Waals surface area (Å²) in [5, 5.41) is 5.32. The lowest BCUT2D eigenvalue weighted by atomic mass is 10.2. The van der Waals surface area contributed by atoms with Crippen LogP contribution < -0.4 is 10.5 Å². The van der Waals surface area contributed by atoms with E-state index in [1.165, 1.54) is 0 Å². The van der Waals surface area contributed by atoms with E-state index in [0.717, 1.165) is 33.9 Å². The van der Waals surface area contributed by atoms with Crippen LogP contribution in [0.25, 0.3) is 10.9 Å². The number of ether oxygens (including phenoxy) is 3. The van der Waals surface area contributed by atoms with Gasteiger partial charge in [0.05, 0.1) is 5.52 Å². The number of nitrogens with zero attached hydrogens (tertiary/aromatic N) is 2. The molecule has 0 radical (unpaired) electrons. The minimum Gasteiger partial charge on any atom is -0.487 e. The summed E-state index contributed by atoms with van der Waals surface area (Å²) in [5.41, 5.74) is 5.55. The van der Waals surface area contributed by atoms with E-state index in [4.69, 9.17) is 15.2 Å². The van der Waals surface area contributed by atoms with E-state index in [9.17, 15) is 13.6 Å². The van der Waals surface area contributed by atoms with Crippen LogP contribution in [-0.4, -0.2) is 41.6 Å². The maximum Gasteiger partial charge on any atom is 0.404 e. The van der Waals surface area contributed by atoms with Gasteiger partial charge in [0.25, 0.3) is 0 Å². The SMILES string of the molecule is NC(=O)OCC(F)(F)COc1ccc2c(c1)c(I)nn2C1CCCCO1. The molecule has 1 unspecified atom stereocenters. The molecular weight excluding hydrogens is 463 g/mol. The van der Waals surface area contributed by atoms with Crippen molar-refractivity contribution in [3.8, 4) is 5.75 Å². The molecule has 1 aromatic carbocycles. The molecule has 0 saturated carbocycles. The molecule has 7 nitrogen and oxygen atoms in total. The van der Waals surface area contributed by atoms with Crippen molar-refractivity contribution in [1.82, 2.24) is 9.78 Å². The second kappa shape index (κ2) is 7.91. The number of benzene rings is 1. The van der Waals surface area contributed by atoms with Gasteiger partial charge >= 0.3 is 12.0 Å². The molecule has 0 aliphatic carbocycles. The van der Waals surface area contributed by atoms with Gasteiger partial charge in [-0.3, -0.25) is 0 Å². The monoisotopic (exact) mass is 481 g/mol. The molecule has 0 bridgehead atoms. The van der Waals surface area contributed by atoms with Crippen LogP contribution in [0, 0.1) is 3.70 Å². The van der Waals surface area contributed by atoms with Crippen LogP contribution in [0.4, 0.5) is 13.6 Å². The topological polar surface area (TPSA) is 88.6 Å². The highest BCUT2D eigenvalue weighted by Gasteiger charge is 2.32. The quantitative estimate of drug-likeness (QED) is 0.639. The molecule has 1 aliphatic heterocycles. The Kier molecular flexibility index (Phi) is 5.80. The van der Waals surface area contributed by atoms with Gasteiger partial charge < -0.3 is 19.9 Å². The summed E-state index contributed by atoms with van der Waals surface area (Å²) in [6.07, 6.45) is 1.64. The molecule has 1 atom stereocenters. The van der Waals surface area contributed by atoms with Gasteiger partial charge in [-0.25, -0.2) is 9.48 Å². The van der Waals surface area contributed by atoms with E-state index in [-0.39, 0.29) is 12.0 Å². The van der Waals surface area contributed by atoms with E-state index in [2.05, 4.69) is 32.4 Å². The Labute approximate surface area is 161 Å². The first-order chi connectivity index (χ1) is 12.4. The minimum absolute atomic E-state index is 0.114. The van der Waals surface area contributed by atoms with Crippen LogP contribution >= 0.6 is 22.6 Å². The summed E-state index contributed by atoms with van der Waals surface area (Å²) in [6, 6.07) is 5.04. The normalized spacial score (nSPS) is 18.0. The van der Waals surface area contributed by atoms with E-state index in [1.54, 1.807) is 18.2 Å². The Hall–Kier alpha value is -1.69. The van der Waals surface area contributed by atoms with Gasteiger partial charge in [0.15, 0.2) is 19.4 Å². The zero-order chi connectivity index (χ0) is 18.7. The molecular formula is C16H18F2IN3O4. The Morgan fingerprint density at radius 3 is 2.92 bits per heavy atom. The number of hydrogen-bond donors (Lipinski definition) is 1. The highest BCUT2D eigenvalue weighted by molar-refractivity contribution is 14.1. The number of hydrogen-bond acceptors (Lipinski definition) is 5. The van der Waals surface area contributed by atoms with Crippen LogP contribution in [0.3, 0.4) is 0 Å². The predicted molar refractivity (Wildman–Crippen MR) is 97.3 cm³/mol. The van der Waals surface area contributed by atoms with E-state index in [0.29, 0.717) is 6.61 Å². The molecule has 10 heteroatoms. The molecule has 1 amide bonds. The van der Waals surface area contributed by atoms with Crippen molar-refractivity contribution in [1.29, 1.82) is 0 Å². The maximum absolute atomic E-state index is 13.6. The van der Waals surface area contributed by atoms with Gasteiger partial charge in [0.1, 0.15) is 9.45 Å². The molecule has 26 heavy (non-hydrogen) atoms. The number of rotatable bonds is 6. The first-order valence-electron chi connectivity index (χ1n) is 8.08. The largest absolute Gasteiger partial charge is 0.487 e. The Balaban J connectivity index is 1.73. The summed E-state index contributed by atoms with van der Waals surface area (Å²) in [7, 11) is 0. The third kappa shape index (κ3) is 4.53. The lowest BCUT2D eigenvalue weighted by Crippen LogP contribution is -2.33. The molecule has 2 N–H and O–H groups in total. The Morgan fingerprint density at radius 2 is 2.23 bits per heavy atom. The van der Waals surface area contributed by atoms with Crippen molar-refractivity contribution in [3.05, 3.63) is 21.9 Å². The van der Waals surface area contributed by atoms with Crippen LogP contribution in [0.5, 0.6) is 5.75 Å². The Morgan fingerprint density at radius 1 is 1.42 bits per heavy atom. The highest BCUT2D eigenvalue weighted by atomic mass is 127. The first kappa shape index (κ1) is 19.1. The molecule has 0 spiro atoms. The third-order valence-electron chi connectivity index (χ3n) is 3.94. The van der Waals surface area contributed by atoms with Gasteiger partial charge in [-0.2, -0.15) is 13.9 Å². The van der Waals surface area contributed by atoms with Crippen LogP contribution in [-0.2, 0) is 9.47 Å². The van der Waals surface area contributed by atoms with Crippen molar-refractivity contribution in [2.24, 2.45) is 5.73 Å². The second-order valence-electron chi connectivity index (χ2n) is 5.99. The number of amides is 1. The zero-order valence-electron chi connectivity index (χ0n) is 13.8. The summed E-state index contributed by atoms with van der Waals surface area (Å²) >= 11 is 2.09. The van der Waals surface area contributed by atoms with Crippen LogP contribution in [0.15, 0.2) is 18.2 Å². The second-order valence-corrected chi connectivity index (χ2v) is 7.01. The van der Waals surface area contributed by atoms with Crippen molar-refractivity contribution in [3.63, 3.8) is 0 Å². The number of alkyl halides is 2. The summed E-state index contributed by atoms with van der Waals surface area (Å²) in [6.45, 7) is -1.35. The van der Waals surface area contributed by atoms with Crippen LogP contribution in [0.2, 0.25) is 0 Å². The molecule has 1 aromatic heterocycles. The van der Waals surface area contributed by atoms with Crippen molar-refractivity contribution in [2.45, 2.75) is 31.4 Å². The Bertz CT molecular complexity index is 793. The lowest BCUT2D eigenvalue weighted by Gasteiger charge is -2.23. The number of fused-ring (bicyclic) bond motifs is 1. The van der Waals surface area contributed by atoms with Gasteiger partial charge in [-0.05, 0) is 60.1 Å². The van der Waals surface area contributed by atoms with Gasteiger partial charge in [0.2, 0.25) is 0 Å². The van der Waals surface area contributed by atoms with E-state index in [1.807, 2.05) is 4.68 Å². The average Bonchev–Trinajstić information content (AvgIpc) is 2.96. The molecule has 1 saturated heterocycles. The van der Waals surface area contributed by atoms with Crippen LogP contribution in [0.1, 0.15) is 25.5 Å². The summed E-state index contributed by atoms with van der Waals surface area (Å²) in [5.74, 6) is -3.06. The third-order valence-corrected chi connectivity index (χ3v) is 4.73. The lowest BCUT2D eigenvalue weighted by molar-refractivity contribution is -0.0819. The number of carbonyl (C=O) groups excluding carboxylic acids is 1. The number of halogens is 3. The molecule has 2 heterocycles. The first-order valence-corrected chi connectivity index (χ1v) is 9.16. The van der Waals surface area contributed by atoms with Crippen molar-refractivity contribution >= 4 is 39.6 Å². The standard InChI is InChI=1S/C16H18F2IN3O4/c17-16(18,9-26-15(20)23)8-25-10-4-5-12-11(7-10)14(19)21-22(12)13-3-1-2-6-24-13/h4-5,7,13H,1-3,6,8-9H2,(H2,20,23). The van der Waals surface area contributed by atoms with Gasteiger partial charge in [-0.1, -0.05) is 0 Å². The number of aromatic nitrogens is 2. The van der Waals surface area contributed by atoms with E-state index >= 15 is 0 Å². The average molecular weight is 481 g/mol. The van der Waals surface area contributed by atoms with Crippen molar-refractivity contribution in [2.75, 3.05) is 19.8 Å². The fraction of sp³-hybridized carbons (Fsp3) is 0.500. The highest BCUT2D eigenvalue weighted by Crippen LogP contribution is 2.31. The van der Waals surface area contributed by atoms with E-state index < -0.39 is 25.2 Å². The number of primary amides is 1. The smallest absolute Gasteiger partial charge is 0.404 e. The van der Waals surface area contributed by atoms with Gasteiger partial charge in [-0.15, -0.1) is 0 Å². The minimum atomic E-state index is -3.34. The van der Waals surface area contributed by atoms with Gasteiger partial charge in [0, 0.05) is 12.0 Å².